The van der Waals surface area contributed by atoms with E-state index < -0.39 is 0 Å². The summed E-state index contributed by atoms with van der Waals surface area (Å²) in [5.41, 5.74) is 2.73. The van der Waals surface area contributed by atoms with Gasteiger partial charge in [-0.2, -0.15) is 0 Å². The van der Waals surface area contributed by atoms with E-state index in [1.807, 2.05) is 0 Å². The molecule has 3 heterocycles. The van der Waals surface area contributed by atoms with Crippen LogP contribution < -0.4 is 10.1 Å². The van der Waals surface area contributed by atoms with Crippen molar-refractivity contribution >= 4 is 0 Å². The zero-order chi connectivity index (χ0) is 15.0. The third-order valence-corrected chi connectivity index (χ3v) is 5.42. The van der Waals surface area contributed by atoms with E-state index in [4.69, 9.17) is 9.47 Å². The van der Waals surface area contributed by atoms with Gasteiger partial charge < -0.3 is 14.8 Å². The van der Waals surface area contributed by atoms with Gasteiger partial charge in [0.2, 0.25) is 0 Å². The van der Waals surface area contributed by atoms with Crippen LogP contribution in [0.3, 0.4) is 0 Å². The first-order chi connectivity index (χ1) is 10.8. The summed E-state index contributed by atoms with van der Waals surface area (Å²) in [5, 5.41) is 3.47. The Bertz CT molecular complexity index is 534. The fourth-order valence-corrected chi connectivity index (χ4v) is 4.16. The summed E-state index contributed by atoms with van der Waals surface area (Å²) in [7, 11) is 0. The molecule has 22 heavy (non-hydrogen) atoms. The van der Waals surface area contributed by atoms with Crippen molar-refractivity contribution in [2.24, 2.45) is 0 Å². The van der Waals surface area contributed by atoms with Crippen molar-refractivity contribution in [1.29, 1.82) is 0 Å². The minimum absolute atomic E-state index is 0.0243. The van der Waals surface area contributed by atoms with Crippen LogP contribution in [0, 0.1) is 6.92 Å². The molecule has 1 atom stereocenters. The Morgan fingerprint density at radius 3 is 2.73 bits per heavy atom. The average Bonchev–Trinajstić information content (AvgIpc) is 2.56. The van der Waals surface area contributed by atoms with E-state index in [1.165, 1.54) is 11.1 Å². The first-order valence-electron chi connectivity index (χ1n) is 8.58. The number of benzene rings is 1. The summed E-state index contributed by atoms with van der Waals surface area (Å²) in [6, 6.07) is 7.16. The van der Waals surface area contributed by atoms with Crippen molar-refractivity contribution in [3.63, 3.8) is 0 Å². The molecule has 4 nitrogen and oxygen atoms in total. The lowest BCUT2D eigenvalue weighted by atomic mass is 9.80. The Morgan fingerprint density at radius 1 is 1.18 bits per heavy atom. The molecule has 0 radical (unpaired) electrons. The van der Waals surface area contributed by atoms with Gasteiger partial charge >= 0.3 is 0 Å². The van der Waals surface area contributed by atoms with Crippen LogP contribution in [-0.4, -0.2) is 49.9 Å². The van der Waals surface area contributed by atoms with Gasteiger partial charge in [0.15, 0.2) is 0 Å². The minimum atomic E-state index is 0.0243. The predicted molar refractivity (Wildman–Crippen MR) is 86.4 cm³/mol. The maximum Gasteiger partial charge on any atom is 0.124 e. The second-order valence-electron chi connectivity index (χ2n) is 6.94. The van der Waals surface area contributed by atoms with Crippen molar-refractivity contribution in [2.45, 2.75) is 37.8 Å². The molecule has 1 unspecified atom stereocenters. The Labute approximate surface area is 132 Å². The maximum atomic E-state index is 6.54. The minimum Gasteiger partial charge on any atom is -0.487 e. The molecule has 2 saturated heterocycles. The lowest BCUT2D eigenvalue weighted by molar-refractivity contribution is -0.0450. The third-order valence-electron chi connectivity index (χ3n) is 5.42. The lowest BCUT2D eigenvalue weighted by Gasteiger charge is -2.48. The fraction of sp³-hybridized carbons (Fsp3) is 0.667. The number of fused-ring (bicyclic) bond motifs is 1. The number of ether oxygens (including phenoxy) is 2. The lowest BCUT2D eigenvalue weighted by Crippen LogP contribution is -2.52. The number of piperidine rings is 1. The molecule has 1 spiro atoms. The molecule has 4 heteroatoms. The number of aryl methyl sites for hydroxylation is 1. The largest absolute Gasteiger partial charge is 0.487 e. The van der Waals surface area contributed by atoms with Gasteiger partial charge in [-0.25, -0.2) is 0 Å². The van der Waals surface area contributed by atoms with Crippen molar-refractivity contribution in [3.05, 3.63) is 29.3 Å². The standard InChI is InChI=1S/C18H26N2O2/c1-14-2-3-17-15(12-14)16(20-8-10-21-11-9-20)13-18(22-17)4-6-19-7-5-18/h2-3,12,16,19H,4-11,13H2,1H3. The molecule has 2 fully saturated rings. The Morgan fingerprint density at radius 2 is 1.95 bits per heavy atom. The van der Waals surface area contributed by atoms with E-state index in [-0.39, 0.29) is 5.60 Å². The van der Waals surface area contributed by atoms with Gasteiger partial charge in [-0.15, -0.1) is 0 Å². The highest BCUT2D eigenvalue weighted by Crippen LogP contribution is 2.46. The number of morpholine rings is 1. The molecule has 1 aromatic rings. The van der Waals surface area contributed by atoms with Gasteiger partial charge in [-0.3, -0.25) is 4.90 Å². The van der Waals surface area contributed by atoms with E-state index in [0.29, 0.717) is 6.04 Å². The van der Waals surface area contributed by atoms with Crippen LogP contribution in [0.2, 0.25) is 0 Å². The molecular weight excluding hydrogens is 276 g/mol. The molecule has 0 aliphatic carbocycles. The summed E-state index contributed by atoms with van der Waals surface area (Å²) in [6.45, 7) is 8.08. The Hall–Kier alpha value is -1.10. The van der Waals surface area contributed by atoms with Gasteiger partial charge in [0.05, 0.1) is 13.2 Å². The Kier molecular flexibility index (Phi) is 3.84. The van der Waals surface area contributed by atoms with Crippen LogP contribution in [-0.2, 0) is 4.74 Å². The Balaban J connectivity index is 1.69. The highest BCUT2D eigenvalue weighted by Gasteiger charge is 2.43. The topological polar surface area (TPSA) is 33.7 Å². The molecule has 0 aromatic heterocycles. The first-order valence-corrected chi connectivity index (χ1v) is 8.58. The van der Waals surface area contributed by atoms with E-state index in [2.05, 4.69) is 35.3 Å². The first kappa shape index (κ1) is 14.5. The molecule has 1 N–H and O–H groups in total. The molecular formula is C18H26N2O2. The molecule has 1 aromatic carbocycles. The van der Waals surface area contributed by atoms with Gasteiger partial charge in [-0.1, -0.05) is 17.7 Å². The number of nitrogens with zero attached hydrogens (tertiary/aromatic N) is 1. The van der Waals surface area contributed by atoms with Crippen molar-refractivity contribution in [1.82, 2.24) is 10.2 Å². The zero-order valence-electron chi connectivity index (χ0n) is 13.4. The van der Waals surface area contributed by atoms with Crippen molar-refractivity contribution in [2.75, 3.05) is 39.4 Å². The van der Waals surface area contributed by atoms with Crippen LogP contribution in [0.4, 0.5) is 0 Å². The highest BCUT2D eigenvalue weighted by molar-refractivity contribution is 5.42. The summed E-state index contributed by atoms with van der Waals surface area (Å²) in [4.78, 5) is 2.61. The molecule has 0 amide bonds. The average molecular weight is 302 g/mol. The quantitative estimate of drug-likeness (QED) is 0.863. The van der Waals surface area contributed by atoms with Gasteiger partial charge in [0, 0.05) is 31.1 Å². The summed E-state index contributed by atoms with van der Waals surface area (Å²) in [5.74, 6) is 1.11. The third kappa shape index (κ3) is 2.64. The highest BCUT2D eigenvalue weighted by atomic mass is 16.5. The summed E-state index contributed by atoms with van der Waals surface area (Å²) in [6.07, 6.45) is 3.34. The van der Waals surface area contributed by atoms with Crippen LogP contribution in [0.5, 0.6) is 5.75 Å². The number of nitrogens with one attached hydrogen (secondary N) is 1. The predicted octanol–water partition coefficient (Wildman–Crippen LogP) is 2.27. The van der Waals surface area contributed by atoms with E-state index in [0.717, 1.165) is 64.4 Å². The monoisotopic (exact) mass is 302 g/mol. The van der Waals surface area contributed by atoms with E-state index in [1.54, 1.807) is 0 Å². The van der Waals surface area contributed by atoms with Crippen LogP contribution in [0.15, 0.2) is 18.2 Å². The van der Waals surface area contributed by atoms with Gasteiger partial charge in [-0.05, 0) is 38.9 Å². The molecule has 3 aliphatic heterocycles. The fourth-order valence-electron chi connectivity index (χ4n) is 4.16. The second-order valence-corrected chi connectivity index (χ2v) is 6.94. The molecule has 3 aliphatic rings. The van der Waals surface area contributed by atoms with Crippen LogP contribution >= 0.6 is 0 Å². The maximum absolute atomic E-state index is 6.54. The molecule has 4 rings (SSSR count). The SMILES string of the molecule is Cc1ccc2c(c1)C(N1CCOCC1)CC1(CCNCC1)O2. The zero-order valence-corrected chi connectivity index (χ0v) is 13.4. The van der Waals surface area contributed by atoms with Crippen molar-refractivity contribution in [3.8, 4) is 5.75 Å². The van der Waals surface area contributed by atoms with Crippen LogP contribution in [0.1, 0.15) is 36.4 Å². The van der Waals surface area contributed by atoms with Gasteiger partial charge in [0.25, 0.3) is 0 Å². The number of hydrogen-bond donors (Lipinski definition) is 1. The summed E-state index contributed by atoms with van der Waals surface area (Å²) < 4.78 is 12.1. The normalized spacial score (nSPS) is 28.1. The molecule has 0 bridgehead atoms. The van der Waals surface area contributed by atoms with E-state index >= 15 is 0 Å². The molecule has 0 saturated carbocycles. The van der Waals surface area contributed by atoms with Crippen molar-refractivity contribution < 1.29 is 9.47 Å². The van der Waals surface area contributed by atoms with E-state index in [9.17, 15) is 0 Å². The second kappa shape index (κ2) is 5.84. The number of hydrogen-bond acceptors (Lipinski definition) is 4. The smallest absolute Gasteiger partial charge is 0.124 e. The van der Waals surface area contributed by atoms with Gasteiger partial charge in [0.1, 0.15) is 11.4 Å². The molecule has 120 valence electrons. The summed E-state index contributed by atoms with van der Waals surface area (Å²) >= 11 is 0. The van der Waals surface area contributed by atoms with Crippen LogP contribution in [0.25, 0.3) is 0 Å². The number of rotatable bonds is 1.